The first kappa shape index (κ1) is 20.0. The van der Waals surface area contributed by atoms with Crippen molar-refractivity contribution in [2.75, 3.05) is 24.7 Å². The Hall–Kier alpha value is -2.25. The Labute approximate surface area is 173 Å². The maximum Gasteiger partial charge on any atom is 0.259 e. The molecule has 154 valence electrons. The lowest BCUT2D eigenvalue weighted by atomic mass is 10.2. The largest absolute Gasteiger partial charge is 0.381 e. The molecule has 3 aromatic rings. The Balaban J connectivity index is 1.61. The molecule has 1 saturated carbocycles. The van der Waals surface area contributed by atoms with Gasteiger partial charge in [-0.3, -0.25) is 9.20 Å². The predicted molar refractivity (Wildman–Crippen MR) is 115 cm³/mol. The molecule has 0 amide bonds. The lowest BCUT2D eigenvalue weighted by Crippen LogP contribution is -2.25. The fourth-order valence-electron chi connectivity index (χ4n) is 3.92. The molecule has 0 N–H and O–H groups in total. The van der Waals surface area contributed by atoms with Gasteiger partial charge in [-0.2, -0.15) is 0 Å². The number of halogens is 1. The molecule has 0 aliphatic heterocycles. The van der Waals surface area contributed by atoms with Gasteiger partial charge in [-0.15, -0.1) is 11.3 Å². The second-order valence-electron chi connectivity index (χ2n) is 7.50. The second kappa shape index (κ2) is 8.24. The van der Waals surface area contributed by atoms with E-state index in [0.717, 1.165) is 53.1 Å². The Morgan fingerprint density at radius 3 is 2.76 bits per heavy atom. The van der Waals surface area contributed by atoms with Crippen LogP contribution < -0.4 is 10.5 Å². The van der Waals surface area contributed by atoms with Gasteiger partial charge in [-0.05, 0) is 57.4 Å². The predicted octanol–water partition coefficient (Wildman–Crippen LogP) is 4.37. The van der Waals surface area contributed by atoms with Crippen LogP contribution in [-0.4, -0.2) is 29.1 Å². The van der Waals surface area contributed by atoms with Gasteiger partial charge in [0.05, 0.1) is 18.8 Å². The summed E-state index contributed by atoms with van der Waals surface area (Å²) < 4.78 is 20.6. The van der Waals surface area contributed by atoms with E-state index in [1.165, 1.54) is 12.1 Å². The average molecular weight is 416 g/mol. The lowest BCUT2D eigenvalue weighted by Gasteiger charge is -2.22. The number of benzene rings is 1. The van der Waals surface area contributed by atoms with Crippen molar-refractivity contribution in [3.05, 3.63) is 62.8 Å². The van der Waals surface area contributed by atoms with Gasteiger partial charge in [-0.1, -0.05) is 0 Å². The highest BCUT2D eigenvalue weighted by atomic mass is 32.1. The van der Waals surface area contributed by atoms with Gasteiger partial charge in [0.25, 0.3) is 5.56 Å². The van der Waals surface area contributed by atoms with Crippen LogP contribution in [0.15, 0.2) is 35.1 Å². The van der Waals surface area contributed by atoms with Crippen molar-refractivity contribution in [2.24, 2.45) is 5.92 Å². The number of anilines is 1. The molecule has 0 radical (unpaired) electrons. The van der Waals surface area contributed by atoms with Gasteiger partial charge in [-0.25, -0.2) is 9.37 Å². The molecule has 1 fully saturated rings. The van der Waals surface area contributed by atoms with Crippen LogP contribution in [0.1, 0.15) is 42.5 Å². The molecule has 29 heavy (non-hydrogen) atoms. The number of hydrogen-bond acceptors (Lipinski definition) is 5. The number of aryl methyl sites for hydroxylation is 1. The second-order valence-corrected chi connectivity index (χ2v) is 8.68. The number of aromatic nitrogens is 2. The van der Waals surface area contributed by atoms with Crippen molar-refractivity contribution < 1.29 is 9.13 Å². The van der Waals surface area contributed by atoms with Crippen LogP contribution in [0, 0.1) is 18.7 Å². The molecule has 1 aromatic carbocycles. The van der Waals surface area contributed by atoms with E-state index >= 15 is 0 Å². The molecule has 4 rings (SSSR count). The fourth-order valence-corrected chi connectivity index (χ4v) is 4.98. The molecule has 2 heterocycles. The first-order valence-corrected chi connectivity index (χ1v) is 10.9. The highest BCUT2D eigenvalue weighted by molar-refractivity contribution is 7.17. The summed E-state index contributed by atoms with van der Waals surface area (Å²) in [6.45, 7) is 8.83. The van der Waals surface area contributed by atoms with Crippen molar-refractivity contribution in [3.63, 3.8) is 0 Å². The minimum absolute atomic E-state index is 0.0263. The van der Waals surface area contributed by atoms with Gasteiger partial charge < -0.3 is 9.64 Å². The van der Waals surface area contributed by atoms with Gasteiger partial charge in [0, 0.05) is 41.4 Å². The third-order valence-electron chi connectivity index (χ3n) is 5.52. The summed E-state index contributed by atoms with van der Waals surface area (Å²) in [6.07, 6.45) is 1.06. The van der Waals surface area contributed by atoms with E-state index in [0.29, 0.717) is 18.4 Å². The van der Waals surface area contributed by atoms with Crippen molar-refractivity contribution in [3.8, 4) is 0 Å². The summed E-state index contributed by atoms with van der Waals surface area (Å²) in [5.74, 6) is 0.617. The molecular weight excluding hydrogens is 389 g/mol. The van der Waals surface area contributed by atoms with Gasteiger partial charge >= 0.3 is 0 Å². The summed E-state index contributed by atoms with van der Waals surface area (Å²) in [6, 6.07) is 8.04. The summed E-state index contributed by atoms with van der Waals surface area (Å²) in [7, 11) is 0. The molecule has 5 nitrogen and oxygen atoms in total. The van der Waals surface area contributed by atoms with Crippen LogP contribution in [0.25, 0.3) is 4.96 Å². The third kappa shape index (κ3) is 4.07. The zero-order valence-electron chi connectivity index (χ0n) is 17.0. The SMILES string of the molecule is CCOCC1CC1c1c(C)sc2nc(CN(CC)c3ccc(F)cc3)cc(=O)n12. The molecular formula is C22H26FN3O2S. The topological polar surface area (TPSA) is 46.8 Å². The van der Waals surface area contributed by atoms with Crippen LogP contribution in [0.5, 0.6) is 0 Å². The maximum absolute atomic E-state index is 13.2. The summed E-state index contributed by atoms with van der Waals surface area (Å²) >= 11 is 1.58. The highest BCUT2D eigenvalue weighted by Crippen LogP contribution is 2.49. The van der Waals surface area contributed by atoms with E-state index in [1.54, 1.807) is 33.9 Å². The van der Waals surface area contributed by atoms with Gasteiger partial charge in [0.1, 0.15) is 5.82 Å². The van der Waals surface area contributed by atoms with E-state index in [-0.39, 0.29) is 11.4 Å². The maximum atomic E-state index is 13.2. The number of rotatable bonds is 8. The van der Waals surface area contributed by atoms with Crippen LogP contribution in [0.4, 0.5) is 10.1 Å². The van der Waals surface area contributed by atoms with Crippen molar-refractivity contribution in [1.29, 1.82) is 0 Å². The molecule has 0 bridgehead atoms. The van der Waals surface area contributed by atoms with Gasteiger partial charge in [0.2, 0.25) is 0 Å². The van der Waals surface area contributed by atoms with Crippen molar-refractivity contribution in [1.82, 2.24) is 9.38 Å². The first-order chi connectivity index (χ1) is 14.0. The van der Waals surface area contributed by atoms with E-state index in [2.05, 4.69) is 11.8 Å². The van der Waals surface area contributed by atoms with E-state index in [4.69, 9.17) is 9.72 Å². The monoisotopic (exact) mass is 415 g/mol. The number of thiazole rings is 1. The standard InChI is InChI=1S/C22H26FN3O2S/c1-4-25(18-8-6-16(23)7-9-18)12-17-11-20(27)26-21(14(3)29-22(26)24-17)19-10-15(19)13-28-5-2/h6-9,11,15,19H,4-5,10,12-13H2,1-3H3. The van der Waals surface area contributed by atoms with E-state index in [9.17, 15) is 9.18 Å². The number of fused-ring (bicyclic) bond motifs is 1. The van der Waals surface area contributed by atoms with Crippen molar-refractivity contribution in [2.45, 2.75) is 39.7 Å². The molecule has 2 atom stereocenters. The fraction of sp³-hybridized carbons (Fsp3) is 0.455. The average Bonchev–Trinajstić information content (AvgIpc) is 3.38. The summed E-state index contributed by atoms with van der Waals surface area (Å²) in [4.78, 5) is 21.7. The van der Waals surface area contributed by atoms with Crippen molar-refractivity contribution >= 4 is 22.0 Å². The molecule has 2 aromatic heterocycles. The molecule has 1 aliphatic carbocycles. The lowest BCUT2D eigenvalue weighted by molar-refractivity contribution is 0.135. The van der Waals surface area contributed by atoms with E-state index in [1.807, 2.05) is 13.8 Å². The van der Waals surface area contributed by atoms with Crippen LogP contribution in [0.3, 0.4) is 0 Å². The number of hydrogen-bond donors (Lipinski definition) is 0. The quantitative estimate of drug-likeness (QED) is 0.548. The number of ether oxygens (including phenoxy) is 1. The van der Waals surface area contributed by atoms with Crippen LogP contribution in [-0.2, 0) is 11.3 Å². The zero-order valence-corrected chi connectivity index (χ0v) is 17.8. The van der Waals surface area contributed by atoms with Crippen LogP contribution >= 0.6 is 11.3 Å². The highest BCUT2D eigenvalue weighted by Gasteiger charge is 2.41. The van der Waals surface area contributed by atoms with E-state index < -0.39 is 0 Å². The molecule has 7 heteroatoms. The Kier molecular flexibility index (Phi) is 5.69. The third-order valence-corrected chi connectivity index (χ3v) is 6.49. The Morgan fingerprint density at radius 2 is 2.07 bits per heavy atom. The number of nitrogens with zero attached hydrogens (tertiary/aromatic N) is 3. The van der Waals surface area contributed by atoms with Crippen LogP contribution in [0.2, 0.25) is 0 Å². The zero-order chi connectivity index (χ0) is 20.5. The summed E-state index contributed by atoms with van der Waals surface area (Å²) in [5.41, 5.74) is 2.72. The molecule has 0 saturated heterocycles. The summed E-state index contributed by atoms with van der Waals surface area (Å²) in [5, 5.41) is 0. The van der Waals surface area contributed by atoms with Gasteiger partial charge in [0.15, 0.2) is 4.96 Å². The molecule has 2 unspecified atom stereocenters. The molecule has 1 aliphatic rings. The normalized spacial score (nSPS) is 18.3. The Bertz CT molecular complexity index is 1060. The minimum atomic E-state index is -0.258. The Morgan fingerprint density at radius 1 is 1.31 bits per heavy atom. The first-order valence-electron chi connectivity index (χ1n) is 10.1. The smallest absolute Gasteiger partial charge is 0.259 e. The minimum Gasteiger partial charge on any atom is -0.381 e. The molecule has 0 spiro atoms.